The summed E-state index contributed by atoms with van der Waals surface area (Å²) in [7, 11) is 0. The largest absolute Gasteiger partial charge is 0.327 e. The second-order valence-electron chi connectivity index (χ2n) is 6.29. The van der Waals surface area contributed by atoms with Gasteiger partial charge in [0.2, 0.25) is 0 Å². The molecule has 4 rings (SSSR count). The Morgan fingerprint density at radius 2 is 1.47 bits per heavy atom. The van der Waals surface area contributed by atoms with Crippen molar-refractivity contribution in [2.24, 2.45) is 28.9 Å². The molecule has 2 heteroatoms. The van der Waals surface area contributed by atoms with Gasteiger partial charge < -0.3 is 5.73 Å². The molecule has 1 atom stereocenters. The number of hydrogen-bond donors (Lipinski definition) is 1. The van der Waals surface area contributed by atoms with E-state index in [9.17, 15) is 0 Å². The zero-order valence-corrected chi connectivity index (χ0v) is 10.6. The first-order valence-electron chi connectivity index (χ1n) is 6.47. The summed E-state index contributed by atoms with van der Waals surface area (Å²) in [5, 5.41) is 0. The summed E-state index contributed by atoms with van der Waals surface area (Å²) in [6.07, 6.45) is 10.2. The first kappa shape index (κ1) is 11.7. The third-order valence-electron chi connectivity index (χ3n) is 5.31. The highest BCUT2D eigenvalue weighted by molar-refractivity contribution is 5.85. The molecule has 0 aliphatic heterocycles. The maximum absolute atomic E-state index is 6.37. The molecule has 0 saturated heterocycles. The van der Waals surface area contributed by atoms with Gasteiger partial charge >= 0.3 is 0 Å². The van der Waals surface area contributed by atoms with Gasteiger partial charge in [-0.2, -0.15) is 0 Å². The van der Waals surface area contributed by atoms with Crippen molar-refractivity contribution in [3.63, 3.8) is 0 Å². The van der Waals surface area contributed by atoms with Crippen molar-refractivity contribution < 1.29 is 0 Å². The Bertz CT molecular complexity index is 203. The van der Waals surface area contributed by atoms with Gasteiger partial charge in [-0.25, -0.2) is 0 Å². The second-order valence-corrected chi connectivity index (χ2v) is 6.29. The first-order chi connectivity index (χ1) is 6.72. The van der Waals surface area contributed by atoms with Crippen molar-refractivity contribution >= 4 is 12.4 Å². The smallest absolute Gasteiger partial charge is 0.00932 e. The van der Waals surface area contributed by atoms with Crippen LogP contribution in [0.4, 0.5) is 0 Å². The lowest BCUT2D eigenvalue weighted by atomic mass is 9.47. The molecule has 1 unspecified atom stereocenters. The minimum Gasteiger partial charge on any atom is -0.327 e. The van der Waals surface area contributed by atoms with Crippen LogP contribution in [-0.4, -0.2) is 6.04 Å². The Labute approximate surface area is 99.6 Å². The summed E-state index contributed by atoms with van der Waals surface area (Å²) in [5.74, 6) is 3.16. The highest BCUT2D eigenvalue weighted by Crippen LogP contribution is 2.61. The van der Waals surface area contributed by atoms with Gasteiger partial charge in [0.15, 0.2) is 0 Å². The fourth-order valence-electron chi connectivity index (χ4n) is 5.06. The monoisotopic (exact) mass is 229 g/mol. The standard InChI is InChI=1S/C13H23N.ClH/c1-2-12(14)13-6-9-3-10(7-13)5-11(4-9)8-13;/h9-12H,2-8,14H2,1H3;1H. The van der Waals surface area contributed by atoms with E-state index in [2.05, 4.69) is 6.92 Å². The van der Waals surface area contributed by atoms with Crippen LogP contribution in [0.5, 0.6) is 0 Å². The zero-order chi connectivity index (χ0) is 9.76. The van der Waals surface area contributed by atoms with Crippen LogP contribution in [0, 0.1) is 23.2 Å². The molecular formula is C13H24ClN. The molecule has 4 saturated carbocycles. The van der Waals surface area contributed by atoms with E-state index in [1.165, 1.54) is 44.9 Å². The van der Waals surface area contributed by atoms with E-state index in [0.717, 1.165) is 17.8 Å². The van der Waals surface area contributed by atoms with E-state index < -0.39 is 0 Å². The van der Waals surface area contributed by atoms with E-state index in [4.69, 9.17) is 5.73 Å². The molecule has 0 spiro atoms. The summed E-state index contributed by atoms with van der Waals surface area (Å²) >= 11 is 0. The van der Waals surface area contributed by atoms with Crippen molar-refractivity contribution in [2.45, 2.75) is 57.9 Å². The number of rotatable bonds is 2. The third-order valence-corrected chi connectivity index (χ3v) is 5.31. The van der Waals surface area contributed by atoms with Gasteiger partial charge in [-0.15, -0.1) is 12.4 Å². The molecule has 4 fully saturated rings. The van der Waals surface area contributed by atoms with Crippen molar-refractivity contribution in [3.8, 4) is 0 Å². The fourth-order valence-corrected chi connectivity index (χ4v) is 5.06. The van der Waals surface area contributed by atoms with E-state index in [-0.39, 0.29) is 12.4 Å². The topological polar surface area (TPSA) is 26.0 Å². The predicted molar refractivity (Wildman–Crippen MR) is 66.1 cm³/mol. The Kier molecular flexibility index (Phi) is 3.07. The van der Waals surface area contributed by atoms with E-state index in [0.29, 0.717) is 11.5 Å². The normalized spacial score (nSPS) is 48.8. The van der Waals surface area contributed by atoms with Crippen LogP contribution in [0.15, 0.2) is 0 Å². The molecule has 0 aromatic rings. The molecule has 4 aliphatic rings. The van der Waals surface area contributed by atoms with Crippen molar-refractivity contribution in [1.29, 1.82) is 0 Å². The highest BCUT2D eigenvalue weighted by atomic mass is 35.5. The van der Waals surface area contributed by atoms with Gasteiger partial charge in [0, 0.05) is 6.04 Å². The van der Waals surface area contributed by atoms with Crippen LogP contribution in [0.1, 0.15) is 51.9 Å². The summed E-state index contributed by atoms with van der Waals surface area (Å²) in [6.45, 7) is 2.27. The van der Waals surface area contributed by atoms with Crippen LogP contribution in [0.3, 0.4) is 0 Å². The third kappa shape index (κ3) is 1.72. The quantitative estimate of drug-likeness (QED) is 0.772. The maximum Gasteiger partial charge on any atom is 0.00932 e. The van der Waals surface area contributed by atoms with Crippen LogP contribution >= 0.6 is 12.4 Å². The van der Waals surface area contributed by atoms with Crippen LogP contribution in [0.25, 0.3) is 0 Å². The van der Waals surface area contributed by atoms with E-state index in [1.807, 2.05) is 0 Å². The van der Waals surface area contributed by atoms with Gasteiger partial charge in [0.1, 0.15) is 0 Å². The Morgan fingerprint density at radius 1 is 1.07 bits per heavy atom. The fraction of sp³-hybridized carbons (Fsp3) is 1.00. The van der Waals surface area contributed by atoms with Crippen molar-refractivity contribution in [2.75, 3.05) is 0 Å². The number of halogens is 1. The second kappa shape index (κ2) is 3.92. The molecule has 4 bridgehead atoms. The van der Waals surface area contributed by atoms with Gasteiger partial charge in [-0.05, 0) is 68.1 Å². The molecule has 0 heterocycles. The predicted octanol–water partition coefficient (Wildman–Crippen LogP) is 3.36. The van der Waals surface area contributed by atoms with Gasteiger partial charge in [0.05, 0.1) is 0 Å². The molecule has 88 valence electrons. The lowest BCUT2D eigenvalue weighted by Gasteiger charge is -2.59. The van der Waals surface area contributed by atoms with E-state index >= 15 is 0 Å². The summed E-state index contributed by atoms with van der Waals surface area (Å²) < 4.78 is 0. The minimum atomic E-state index is 0. The Morgan fingerprint density at radius 3 is 1.80 bits per heavy atom. The van der Waals surface area contributed by atoms with Crippen molar-refractivity contribution in [3.05, 3.63) is 0 Å². The number of hydrogen-bond acceptors (Lipinski definition) is 1. The molecule has 15 heavy (non-hydrogen) atoms. The van der Waals surface area contributed by atoms with Crippen LogP contribution in [-0.2, 0) is 0 Å². The summed E-state index contributed by atoms with van der Waals surface area (Å²) in [5.41, 5.74) is 6.96. The highest BCUT2D eigenvalue weighted by Gasteiger charge is 2.52. The van der Waals surface area contributed by atoms with Gasteiger partial charge in [0.25, 0.3) is 0 Å². The average molecular weight is 230 g/mol. The zero-order valence-electron chi connectivity index (χ0n) is 9.74. The maximum atomic E-state index is 6.37. The molecular weight excluding hydrogens is 206 g/mol. The number of nitrogens with two attached hydrogens (primary N) is 1. The first-order valence-corrected chi connectivity index (χ1v) is 6.47. The van der Waals surface area contributed by atoms with E-state index in [1.54, 1.807) is 0 Å². The lowest BCUT2D eigenvalue weighted by Crippen LogP contribution is -2.54. The molecule has 4 aliphatic carbocycles. The van der Waals surface area contributed by atoms with Gasteiger partial charge in [-0.1, -0.05) is 6.92 Å². The minimum absolute atomic E-state index is 0. The molecule has 0 amide bonds. The summed E-state index contributed by atoms with van der Waals surface area (Å²) in [4.78, 5) is 0. The van der Waals surface area contributed by atoms with Crippen LogP contribution < -0.4 is 5.73 Å². The molecule has 1 nitrogen and oxygen atoms in total. The average Bonchev–Trinajstić information content (AvgIpc) is 2.14. The lowest BCUT2D eigenvalue weighted by molar-refractivity contribution is -0.0673. The summed E-state index contributed by atoms with van der Waals surface area (Å²) in [6, 6.07) is 0.496. The van der Waals surface area contributed by atoms with Crippen LogP contribution in [0.2, 0.25) is 0 Å². The molecule has 2 N–H and O–H groups in total. The van der Waals surface area contributed by atoms with Gasteiger partial charge in [-0.3, -0.25) is 0 Å². The molecule has 0 radical (unpaired) electrons. The molecule has 0 aromatic carbocycles. The Hall–Kier alpha value is 0.250. The SMILES string of the molecule is CCC(N)C12CC3CC(CC(C3)C1)C2.Cl. The molecule has 0 aromatic heterocycles. The Balaban J connectivity index is 0.000000853. The van der Waals surface area contributed by atoms with Crippen molar-refractivity contribution in [1.82, 2.24) is 0 Å².